The average Bonchev–Trinajstić information content (AvgIpc) is 3.12. The highest BCUT2D eigenvalue weighted by Gasteiger charge is 2.41. The van der Waals surface area contributed by atoms with Gasteiger partial charge in [0.2, 0.25) is 0 Å². The maximum Gasteiger partial charge on any atom is 0.471 e. The Labute approximate surface area is 213 Å². The van der Waals surface area contributed by atoms with E-state index in [1.807, 2.05) is 46.0 Å². The number of anilines is 1. The largest absolute Gasteiger partial charge is 0.490 e. The van der Waals surface area contributed by atoms with Crippen LogP contribution in [0.15, 0.2) is 29.3 Å². The van der Waals surface area contributed by atoms with Gasteiger partial charge in [-0.3, -0.25) is 9.79 Å². The summed E-state index contributed by atoms with van der Waals surface area (Å²) in [6.45, 7) is 10.2. The number of alkyl halides is 3. The monoisotopic (exact) mass is 518 g/mol. The number of hydrogen-bond donors (Lipinski definition) is 1. The number of carbonyl (C=O) groups is 2. The lowest BCUT2D eigenvalue weighted by molar-refractivity contribution is -0.167. The number of carbonyl (C=O) groups excluding carboxylic acids is 2. The van der Waals surface area contributed by atoms with E-state index in [4.69, 9.17) is 19.2 Å². The molecule has 1 N–H and O–H groups in total. The summed E-state index contributed by atoms with van der Waals surface area (Å²) >= 11 is 0. The average molecular weight is 519 g/mol. The van der Waals surface area contributed by atoms with Gasteiger partial charge in [0.25, 0.3) is 0 Å². The number of halogens is 3. The molecule has 0 spiro atoms. The predicted molar refractivity (Wildman–Crippen MR) is 132 cm³/mol. The molecule has 0 radical (unpaired) electrons. The van der Waals surface area contributed by atoms with Gasteiger partial charge in [0, 0.05) is 23.1 Å². The quantitative estimate of drug-likeness (QED) is 0.546. The number of nitrogens with one attached hydrogen (secondary N) is 1. The van der Waals surface area contributed by atoms with Gasteiger partial charge in [-0.05, 0) is 64.8 Å². The second-order valence-electron chi connectivity index (χ2n) is 10.3. The number of nitrogens with zero attached hydrogens (tertiary/aromatic N) is 1. The van der Waals surface area contributed by atoms with Crippen LogP contribution >= 0.6 is 0 Å². The van der Waals surface area contributed by atoms with Crippen molar-refractivity contribution in [2.45, 2.75) is 64.8 Å². The molecule has 2 aromatic rings. The molecule has 7 nitrogen and oxygen atoms in total. The lowest BCUT2D eigenvalue weighted by Crippen LogP contribution is -2.32. The molecule has 10 heteroatoms. The molecule has 2 aliphatic rings. The number of hydrogen-bond acceptors (Lipinski definition) is 6. The third kappa shape index (κ3) is 5.14. The number of fused-ring (bicyclic) bond motifs is 3. The van der Waals surface area contributed by atoms with Crippen molar-refractivity contribution in [2.75, 3.05) is 19.0 Å². The van der Waals surface area contributed by atoms with Gasteiger partial charge in [-0.2, -0.15) is 13.2 Å². The molecule has 0 aromatic heterocycles. The van der Waals surface area contributed by atoms with Crippen molar-refractivity contribution < 1.29 is 37.0 Å². The molecule has 0 saturated heterocycles. The van der Waals surface area contributed by atoms with E-state index in [-0.39, 0.29) is 11.3 Å². The maximum absolute atomic E-state index is 13.0. The highest BCUT2D eigenvalue weighted by molar-refractivity contribution is 6.17. The summed E-state index contributed by atoms with van der Waals surface area (Å²) in [4.78, 5) is 29.0. The fourth-order valence-corrected chi connectivity index (χ4v) is 4.82. The van der Waals surface area contributed by atoms with Gasteiger partial charge in [0.05, 0.1) is 36.2 Å². The van der Waals surface area contributed by atoms with Crippen molar-refractivity contribution in [3.8, 4) is 11.5 Å². The Morgan fingerprint density at radius 1 is 1.14 bits per heavy atom. The molecule has 2 aliphatic heterocycles. The fraction of sp³-hybridized carbons (Fsp3) is 0.444. The number of ether oxygens (including phenoxy) is 3. The smallest absolute Gasteiger partial charge is 0.471 e. The van der Waals surface area contributed by atoms with Crippen LogP contribution < -0.4 is 14.8 Å². The predicted octanol–water partition coefficient (Wildman–Crippen LogP) is 5.26. The van der Waals surface area contributed by atoms with E-state index in [9.17, 15) is 22.8 Å². The third-order valence-corrected chi connectivity index (χ3v) is 6.19. The van der Waals surface area contributed by atoms with Crippen molar-refractivity contribution in [1.82, 2.24) is 0 Å². The van der Waals surface area contributed by atoms with Crippen LogP contribution in [-0.4, -0.2) is 48.6 Å². The molecule has 37 heavy (non-hydrogen) atoms. The molecule has 1 amide bonds. The summed E-state index contributed by atoms with van der Waals surface area (Å²) in [5.41, 5.74) is 2.10. The first-order valence-corrected chi connectivity index (χ1v) is 11.9. The van der Waals surface area contributed by atoms with Gasteiger partial charge >= 0.3 is 18.1 Å². The topological polar surface area (TPSA) is 86.2 Å². The molecule has 0 fully saturated rings. The fourth-order valence-electron chi connectivity index (χ4n) is 4.82. The summed E-state index contributed by atoms with van der Waals surface area (Å²) in [5, 5.41) is 1.82. The Morgan fingerprint density at radius 3 is 2.46 bits per heavy atom. The minimum atomic E-state index is -5.14. The van der Waals surface area contributed by atoms with Crippen molar-refractivity contribution in [1.29, 1.82) is 0 Å². The molecular formula is C27H29F3N2O5. The molecule has 0 bridgehead atoms. The molecule has 0 unspecified atom stereocenters. The van der Waals surface area contributed by atoms with Crippen LogP contribution in [0.5, 0.6) is 11.5 Å². The summed E-state index contributed by atoms with van der Waals surface area (Å²) < 4.78 is 56.0. The van der Waals surface area contributed by atoms with E-state index in [0.29, 0.717) is 42.2 Å². The molecule has 4 rings (SSSR count). The lowest BCUT2D eigenvalue weighted by Gasteiger charge is -2.31. The minimum Gasteiger partial charge on any atom is -0.490 e. The van der Waals surface area contributed by atoms with Crippen molar-refractivity contribution >= 4 is 23.3 Å². The molecule has 2 heterocycles. The van der Waals surface area contributed by atoms with Crippen LogP contribution in [0.3, 0.4) is 0 Å². The van der Waals surface area contributed by atoms with Crippen LogP contribution in [0, 0.1) is 0 Å². The molecule has 0 atom stereocenters. The number of benzene rings is 2. The first-order chi connectivity index (χ1) is 17.2. The van der Waals surface area contributed by atoms with E-state index in [0.717, 1.165) is 23.8 Å². The molecule has 0 saturated carbocycles. The molecule has 198 valence electrons. The number of rotatable bonds is 5. The van der Waals surface area contributed by atoms with Crippen molar-refractivity contribution in [2.24, 2.45) is 4.99 Å². The Bertz CT molecular complexity index is 1310. The van der Waals surface area contributed by atoms with Crippen LogP contribution in [0.2, 0.25) is 0 Å². The Hall–Kier alpha value is -3.56. The van der Waals surface area contributed by atoms with Crippen LogP contribution in [0.1, 0.15) is 67.2 Å². The normalized spacial score (nSPS) is 17.2. The number of methoxy groups -OCH3 is 1. The summed E-state index contributed by atoms with van der Waals surface area (Å²) in [6, 6.07) is 6.17. The Kier molecular flexibility index (Phi) is 6.50. The summed E-state index contributed by atoms with van der Waals surface area (Å²) in [5.74, 6) is -1.82. The summed E-state index contributed by atoms with van der Waals surface area (Å²) in [7, 11) is 1.11. The van der Waals surface area contributed by atoms with Gasteiger partial charge in [-0.15, -0.1) is 0 Å². The number of amides is 1. The molecule has 0 aliphatic carbocycles. The van der Waals surface area contributed by atoms with E-state index >= 15 is 0 Å². The first kappa shape index (κ1) is 26.5. The van der Waals surface area contributed by atoms with Crippen LogP contribution in [-0.2, 0) is 22.4 Å². The van der Waals surface area contributed by atoms with E-state index in [1.54, 1.807) is 6.07 Å². The second kappa shape index (κ2) is 9.08. The van der Waals surface area contributed by atoms with E-state index < -0.39 is 29.2 Å². The zero-order chi connectivity index (χ0) is 27.3. The van der Waals surface area contributed by atoms with E-state index in [1.165, 1.54) is 12.1 Å². The third-order valence-electron chi connectivity index (χ3n) is 6.19. The Morgan fingerprint density at radius 2 is 1.84 bits per heavy atom. The molecule has 2 aromatic carbocycles. The van der Waals surface area contributed by atoms with Gasteiger partial charge < -0.3 is 19.5 Å². The van der Waals surface area contributed by atoms with Crippen LogP contribution in [0.25, 0.3) is 0 Å². The van der Waals surface area contributed by atoms with Crippen molar-refractivity contribution in [3.05, 3.63) is 52.1 Å². The van der Waals surface area contributed by atoms with Gasteiger partial charge in [-0.25, -0.2) is 4.79 Å². The van der Waals surface area contributed by atoms with Gasteiger partial charge in [0.15, 0.2) is 11.5 Å². The first-order valence-electron chi connectivity index (χ1n) is 11.9. The van der Waals surface area contributed by atoms with E-state index in [2.05, 4.69) is 0 Å². The minimum absolute atomic E-state index is 0.207. The highest BCUT2D eigenvalue weighted by Crippen LogP contribution is 2.48. The van der Waals surface area contributed by atoms with Crippen molar-refractivity contribution in [3.63, 3.8) is 0 Å². The SMILES string of the molecule is CCOc1cc2c(c3c1OC(C)(C)C3)C(c1ccc(C(=O)OC)c(NC(=O)C(F)(F)F)c1)=NC(C)(C)C2. The second-order valence-corrected chi connectivity index (χ2v) is 10.3. The standard InChI is InChI=1S/C27H29F3N2O5/c1-7-36-19-11-15-12-25(2,3)32-21(20(15)17-13-26(4,5)37-22(17)19)14-8-9-16(23(33)35-6)18(10-14)31-24(34)27(28,29)30/h8-11H,7,12-13H2,1-6H3,(H,31,34). The zero-order valence-electron chi connectivity index (χ0n) is 21.6. The van der Waals surface area contributed by atoms with Gasteiger partial charge in [0.1, 0.15) is 5.60 Å². The number of esters is 1. The maximum atomic E-state index is 13.0. The summed E-state index contributed by atoms with van der Waals surface area (Å²) in [6.07, 6.45) is -3.96. The Balaban J connectivity index is 1.92. The highest BCUT2D eigenvalue weighted by atomic mass is 19.4. The van der Waals surface area contributed by atoms with Crippen LogP contribution in [0.4, 0.5) is 18.9 Å². The zero-order valence-corrected chi connectivity index (χ0v) is 21.6. The number of aliphatic imine (C=N–C) groups is 1. The molecular weight excluding hydrogens is 489 g/mol. The lowest BCUT2D eigenvalue weighted by atomic mass is 9.80. The van der Waals surface area contributed by atoms with Gasteiger partial charge in [-0.1, -0.05) is 6.07 Å².